The molecule has 2 aromatic carbocycles. The van der Waals surface area contributed by atoms with E-state index in [1.54, 1.807) is 37.1 Å². The molecular weight excluding hydrogens is 452 g/mol. The molecule has 0 spiro atoms. The highest BCUT2D eigenvalue weighted by molar-refractivity contribution is 7.99. The second-order valence-corrected chi connectivity index (χ2v) is 8.33. The zero-order valence-electron chi connectivity index (χ0n) is 19.5. The summed E-state index contributed by atoms with van der Waals surface area (Å²) >= 11 is 1.33. The molecule has 1 amide bonds. The lowest BCUT2D eigenvalue weighted by atomic mass is 10.1. The number of amides is 1. The Balaban J connectivity index is 1.52. The Kier molecular flexibility index (Phi) is 7.17. The van der Waals surface area contributed by atoms with Crippen LogP contribution in [0.3, 0.4) is 0 Å². The van der Waals surface area contributed by atoms with Crippen LogP contribution in [0.1, 0.15) is 6.92 Å². The van der Waals surface area contributed by atoms with Crippen LogP contribution in [0.15, 0.2) is 59.9 Å². The van der Waals surface area contributed by atoms with E-state index in [1.807, 2.05) is 55.1 Å². The number of rotatable bonds is 9. The molecule has 0 radical (unpaired) electrons. The third kappa shape index (κ3) is 4.91. The minimum absolute atomic E-state index is 0.173. The van der Waals surface area contributed by atoms with E-state index in [1.165, 1.54) is 11.8 Å². The molecule has 4 aromatic rings. The van der Waals surface area contributed by atoms with Crippen molar-refractivity contribution in [1.29, 1.82) is 0 Å². The van der Waals surface area contributed by atoms with Crippen molar-refractivity contribution >= 4 is 23.4 Å². The zero-order chi connectivity index (χ0) is 24.1. The van der Waals surface area contributed by atoms with Crippen LogP contribution in [0.4, 0.5) is 5.69 Å². The second kappa shape index (κ2) is 10.4. The molecule has 9 nitrogen and oxygen atoms in total. The lowest BCUT2D eigenvalue weighted by molar-refractivity contribution is -0.113. The van der Waals surface area contributed by atoms with Gasteiger partial charge in [0.25, 0.3) is 0 Å². The quantitative estimate of drug-likeness (QED) is 0.362. The third-order valence-electron chi connectivity index (χ3n) is 5.17. The average Bonchev–Trinajstić information content (AvgIpc) is 3.46. The molecule has 0 unspecified atom stereocenters. The average molecular weight is 479 g/mol. The van der Waals surface area contributed by atoms with E-state index >= 15 is 0 Å². The van der Waals surface area contributed by atoms with Crippen molar-refractivity contribution in [3.05, 3.63) is 54.7 Å². The SMILES string of the molecule is CCn1c(SCC(=O)Nc2ccc(OC)cc2OC)nnc1-c1cn(C)nc1-c1ccccc1. The van der Waals surface area contributed by atoms with Gasteiger partial charge in [0.2, 0.25) is 5.91 Å². The van der Waals surface area contributed by atoms with Crippen molar-refractivity contribution in [1.82, 2.24) is 24.5 Å². The first-order chi connectivity index (χ1) is 16.5. The van der Waals surface area contributed by atoms with Gasteiger partial charge in [0, 0.05) is 31.4 Å². The van der Waals surface area contributed by atoms with Crippen molar-refractivity contribution in [2.45, 2.75) is 18.6 Å². The number of nitrogens with zero attached hydrogens (tertiary/aromatic N) is 5. The first-order valence-electron chi connectivity index (χ1n) is 10.7. The number of hydrogen-bond donors (Lipinski definition) is 1. The van der Waals surface area contributed by atoms with Gasteiger partial charge < -0.3 is 19.4 Å². The van der Waals surface area contributed by atoms with Gasteiger partial charge in [0.05, 0.1) is 31.2 Å². The molecule has 0 aliphatic rings. The lowest BCUT2D eigenvalue weighted by Crippen LogP contribution is -2.15. The van der Waals surface area contributed by atoms with Gasteiger partial charge in [-0.05, 0) is 19.1 Å². The highest BCUT2D eigenvalue weighted by Crippen LogP contribution is 2.32. The maximum atomic E-state index is 12.6. The molecular formula is C24H26N6O3S. The van der Waals surface area contributed by atoms with Crippen molar-refractivity contribution in [3.63, 3.8) is 0 Å². The number of thioether (sulfide) groups is 1. The fraction of sp³-hybridized carbons (Fsp3) is 0.250. The molecule has 0 aliphatic heterocycles. The smallest absolute Gasteiger partial charge is 0.234 e. The maximum absolute atomic E-state index is 12.6. The number of aromatic nitrogens is 5. The predicted octanol–water partition coefficient (Wildman–Crippen LogP) is 4.11. The number of anilines is 1. The highest BCUT2D eigenvalue weighted by Gasteiger charge is 2.20. The van der Waals surface area contributed by atoms with Crippen molar-refractivity contribution in [3.8, 4) is 34.1 Å². The Hall–Kier alpha value is -3.79. The van der Waals surface area contributed by atoms with Gasteiger partial charge in [-0.25, -0.2) is 0 Å². The summed E-state index contributed by atoms with van der Waals surface area (Å²) in [6, 6.07) is 15.2. The number of ether oxygens (including phenoxy) is 2. The summed E-state index contributed by atoms with van der Waals surface area (Å²) in [5, 5.41) is 17.0. The summed E-state index contributed by atoms with van der Waals surface area (Å²) in [7, 11) is 5.01. The van der Waals surface area contributed by atoms with E-state index in [4.69, 9.17) is 9.47 Å². The van der Waals surface area contributed by atoms with Gasteiger partial charge in [-0.15, -0.1) is 10.2 Å². The molecule has 1 N–H and O–H groups in total. The summed E-state index contributed by atoms with van der Waals surface area (Å²) in [5.41, 5.74) is 3.31. The molecule has 2 heterocycles. The molecule has 0 saturated heterocycles. The Labute approximate surface area is 202 Å². The predicted molar refractivity (Wildman–Crippen MR) is 132 cm³/mol. The van der Waals surface area contributed by atoms with Crippen LogP contribution in [-0.2, 0) is 18.4 Å². The lowest BCUT2D eigenvalue weighted by Gasteiger charge is -2.11. The minimum atomic E-state index is -0.174. The largest absolute Gasteiger partial charge is 0.497 e. The first kappa shape index (κ1) is 23.4. The number of nitrogens with one attached hydrogen (secondary N) is 1. The van der Waals surface area contributed by atoms with Crippen molar-refractivity contribution < 1.29 is 14.3 Å². The molecule has 10 heteroatoms. The molecule has 4 rings (SSSR count). The summed E-state index contributed by atoms with van der Waals surface area (Å²) in [4.78, 5) is 12.6. The fourth-order valence-electron chi connectivity index (χ4n) is 3.56. The Morgan fingerprint density at radius 3 is 2.59 bits per heavy atom. The normalized spacial score (nSPS) is 10.8. The van der Waals surface area contributed by atoms with Crippen LogP contribution < -0.4 is 14.8 Å². The summed E-state index contributed by atoms with van der Waals surface area (Å²) in [6.45, 7) is 2.68. The van der Waals surface area contributed by atoms with Crippen LogP contribution in [0, 0.1) is 0 Å². The topological polar surface area (TPSA) is 96.1 Å². The van der Waals surface area contributed by atoms with Gasteiger partial charge in [-0.1, -0.05) is 42.1 Å². The molecule has 34 heavy (non-hydrogen) atoms. The Bertz CT molecular complexity index is 1290. The molecule has 0 atom stereocenters. The van der Waals surface area contributed by atoms with Crippen LogP contribution in [0.2, 0.25) is 0 Å². The molecule has 0 saturated carbocycles. The van der Waals surface area contributed by atoms with Crippen LogP contribution >= 0.6 is 11.8 Å². The van der Waals surface area contributed by atoms with E-state index in [0.29, 0.717) is 34.7 Å². The van der Waals surface area contributed by atoms with Gasteiger partial charge in [-0.3, -0.25) is 9.48 Å². The van der Waals surface area contributed by atoms with Gasteiger partial charge in [-0.2, -0.15) is 5.10 Å². The van der Waals surface area contributed by atoms with Gasteiger partial charge in [0.15, 0.2) is 11.0 Å². The summed E-state index contributed by atoms with van der Waals surface area (Å²) < 4.78 is 14.3. The second-order valence-electron chi connectivity index (χ2n) is 7.38. The molecule has 176 valence electrons. The molecule has 0 bridgehead atoms. The standard InChI is InChI=1S/C24H26N6O3S/c1-5-30-23(18-14-29(2)28-22(18)16-9-7-6-8-10-16)26-27-24(30)34-15-21(31)25-19-12-11-17(32-3)13-20(19)33-4/h6-14H,5,15H2,1-4H3,(H,25,31). The number of carbonyl (C=O) groups excluding carboxylic acids is 1. The van der Waals surface area contributed by atoms with Crippen molar-refractivity contribution in [2.75, 3.05) is 25.3 Å². The van der Waals surface area contributed by atoms with E-state index in [-0.39, 0.29) is 11.7 Å². The van der Waals surface area contributed by atoms with Gasteiger partial charge >= 0.3 is 0 Å². The zero-order valence-corrected chi connectivity index (χ0v) is 20.3. The summed E-state index contributed by atoms with van der Waals surface area (Å²) in [5.74, 6) is 1.90. The van der Waals surface area contributed by atoms with E-state index in [0.717, 1.165) is 16.8 Å². The third-order valence-corrected chi connectivity index (χ3v) is 6.13. The monoisotopic (exact) mass is 478 g/mol. The summed E-state index contributed by atoms with van der Waals surface area (Å²) in [6.07, 6.45) is 1.94. The number of carbonyl (C=O) groups is 1. The Morgan fingerprint density at radius 2 is 1.88 bits per heavy atom. The van der Waals surface area contributed by atoms with E-state index in [2.05, 4.69) is 20.6 Å². The number of aryl methyl sites for hydroxylation is 1. The van der Waals surface area contributed by atoms with Gasteiger partial charge in [0.1, 0.15) is 17.2 Å². The van der Waals surface area contributed by atoms with E-state index in [9.17, 15) is 4.79 Å². The van der Waals surface area contributed by atoms with Crippen molar-refractivity contribution in [2.24, 2.45) is 7.05 Å². The number of methoxy groups -OCH3 is 2. The van der Waals surface area contributed by atoms with E-state index < -0.39 is 0 Å². The molecule has 0 fully saturated rings. The molecule has 2 aromatic heterocycles. The number of hydrogen-bond acceptors (Lipinski definition) is 7. The van der Waals surface area contributed by atoms with Crippen LogP contribution in [-0.4, -0.2) is 50.4 Å². The molecule has 0 aliphatic carbocycles. The van der Waals surface area contributed by atoms with Crippen LogP contribution in [0.5, 0.6) is 11.5 Å². The first-order valence-corrected chi connectivity index (χ1v) is 11.7. The fourth-order valence-corrected chi connectivity index (χ4v) is 4.36. The van der Waals surface area contributed by atoms with Crippen LogP contribution in [0.25, 0.3) is 22.6 Å². The maximum Gasteiger partial charge on any atom is 0.234 e. The number of benzene rings is 2. The highest BCUT2D eigenvalue weighted by atomic mass is 32.2. The Morgan fingerprint density at radius 1 is 1.09 bits per heavy atom. The minimum Gasteiger partial charge on any atom is -0.497 e.